The van der Waals surface area contributed by atoms with Crippen LogP contribution in [0.25, 0.3) is 10.9 Å². The molecule has 2 aromatic rings. The number of para-hydroxylation sites is 1. The Morgan fingerprint density at radius 1 is 1.40 bits per heavy atom. The Balaban J connectivity index is 1.71. The molecule has 1 unspecified atom stereocenters. The van der Waals surface area contributed by atoms with Crippen LogP contribution in [0.1, 0.15) is 32.4 Å². The van der Waals surface area contributed by atoms with E-state index in [1.807, 2.05) is 0 Å². The molecule has 0 saturated carbocycles. The summed E-state index contributed by atoms with van der Waals surface area (Å²) >= 11 is 0. The van der Waals surface area contributed by atoms with Crippen molar-refractivity contribution in [3.8, 4) is 0 Å². The van der Waals surface area contributed by atoms with E-state index in [4.69, 9.17) is 9.84 Å². The molecule has 4 nitrogen and oxygen atoms in total. The molecule has 1 aromatic carbocycles. The highest BCUT2D eigenvalue weighted by Crippen LogP contribution is 2.24. The summed E-state index contributed by atoms with van der Waals surface area (Å²) in [5, 5.41) is 9.47. The summed E-state index contributed by atoms with van der Waals surface area (Å²) in [6, 6.07) is 8.44. The third-order valence-electron chi connectivity index (χ3n) is 4.13. The summed E-state index contributed by atoms with van der Waals surface area (Å²) in [7, 11) is 0. The number of nitrogens with one attached hydrogen (secondary N) is 1. The van der Waals surface area contributed by atoms with Gasteiger partial charge in [-0.05, 0) is 32.8 Å². The van der Waals surface area contributed by atoms with Crippen molar-refractivity contribution >= 4 is 10.9 Å². The molecule has 0 aliphatic carbocycles. The lowest BCUT2D eigenvalue weighted by Crippen LogP contribution is -2.36. The van der Waals surface area contributed by atoms with Crippen LogP contribution >= 0.6 is 0 Å². The van der Waals surface area contributed by atoms with Crippen LogP contribution in [0.5, 0.6) is 0 Å². The van der Waals surface area contributed by atoms with Crippen molar-refractivity contribution in [1.82, 2.24) is 15.1 Å². The minimum Gasteiger partial charge on any atom is -0.374 e. The van der Waals surface area contributed by atoms with E-state index in [-0.39, 0.29) is 5.60 Å². The summed E-state index contributed by atoms with van der Waals surface area (Å²) in [6.45, 7) is 7.81. The third-order valence-corrected chi connectivity index (χ3v) is 4.13. The molecule has 1 saturated heterocycles. The number of aryl methyl sites for hydroxylation is 1. The molecule has 1 N–H and O–H groups in total. The van der Waals surface area contributed by atoms with E-state index in [9.17, 15) is 0 Å². The lowest BCUT2D eigenvalue weighted by molar-refractivity contribution is 0.0206. The SMILES string of the molecule is CCn1nc(CNCC2(C)CCCO2)c2ccccc21. The molecule has 0 bridgehead atoms. The van der Waals surface area contributed by atoms with Crippen LogP contribution in [0.4, 0.5) is 0 Å². The topological polar surface area (TPSA) is 39.1 Å². The number of fused-ring (bicyclic) bond motifs is 1. The van der Waals surface area contributed by atoms with Crippen molar-refractivity contribution in [2.75, 3.05) is 13.2 Å². The first-order valence-electron chi connectivity index (χ1n) is 7.51. The lowest BCUT2D eigenvalue weighted by atomic mass is 10.0. The van der Waals surface area contributed by atoms with Gasteiger partial charge in [0.25, 0.3) is 0 Å². The van der Waals surface area contributed by atoms with Crippen LogP contribution in [0, 0.1) is 0 Å². The zero-order chi connectivity index (χ0) is 14.0. The monoisotopic (exact) mass is 273 g/mol. The summed E-state index contributed by atoms with van der Waals surface area (Å²) in [6.07, 6.45) is 2.32. The van der Waals surface area contributed by atoms with Gasteiger partial charge in [-0.2, -0.15) is 5.10 Å². The second-order valence-electron chi connectivity index (χ2n) is 5.79. The molecule has 1 atom stereocenters. The summed E-state index contributed by atoms with van der Waals surface area (Å²) in [5.41, 5.74) is 2.35. The molecule has 0 spiro atoms. The fraction of sp³-hybridized carbons (Fsp3) is 0.562. The van der Waals surface area contributed by atoms with Gasteiger partial charge in [0.05, 0.1) is 16.8 Å². The maximum atomic E-state index is 5.80. The molecule has 20 heavy (non-hydrogen) atoms. The van der Waals surface area contributed by atoms with Gasteiger partial charge in [0.1, 0.15) is 0 Å². The molecule has 1 fully saturated rings. The molecule has 3 rings (SSSR count). The second-order valence-corrected chi connectivity index (χ2v) is 5.79. The molecule has 1 aromatic heterocycles. The highest BCUT2D eigenvalue weighted by atomic mass is 16.5. The molecule has 0 amide bonds. The van der Waals surface area contributed by atoms with Gasteiger partial charge >= 0.3 is 0 Å². The van der Waals surface area contributed by atoms with Crippen molar-refractivity contribution < 1.29 is 4.74 Å². The highest BCUT2D eigenvalue weighted by Gasteiger charge is 2.29. The van der Waals surface area contributed by atoms with Crippen molar-refractivity contribution in [1.29, 1.82) is 0 Å². The maximum Gasteiger partial charge on any atom is 0.0841 e. The first kappa shape index (κ1) is 13.6. The Morgan fingerprint density at radius 2 is 2.25 bits per heavy atom. The molecular formula is C16H23N3O. The van der Waals surface area contributed by atoms with E-state index in [1.54, 1.807) is 0 Å². The van der Waals surface area contributed by atoms with E-state index in [0.717, 1.165) is 38.4 Å². The average Bonchev–Trinajstić information content (AvgIpc) is 3.04. The molecular weight excluding hydrogens is 250 g/mol. The third kappa shape index (κ3) is 2.58. The van der Waals surface area contributed by atoms with Gasteiger partial charge < -0.3 is 10.1 Å². The minimum atomic E-state index is 0.00310. The predicted molar refractivity (Wildman–Crippen MR) is 80.7 cm³/mol. The Kier molecular flexibility index (Phi) is 3.76. The van der Waals surface area contributed by atoms with Crippen LogP contribution in [0.15, 0.2) is 24.3 Å². The first-order chi connectivity index (χ1) is 9.72. The van der Waals surface area contributed by atoms with Crippen LogP contribution in [0.2, 0.25) is 0 Å². The fourth-order valence-corrected chi connectivity index (χ4v) is 2.99. The van der Waals surface area contributed by atoms with Crippen molar-refractivity contribution in [3.63, 3.8) is 0 Å². The normalized spacial score (nSPS) is 22.7. The fourth-order valence-electron chi connectivity index (χ4n) is 2.99. The van der Waals surface area contributed by atoms with Gasteiger partial charge in [-0.3, -0.25) is 4.68 Å². The largest absolute Gasteiger partial charge is 0.374 e. The Bertz CT molecular complexity index is 584. The smallest absolute Gasteiger partial charge is 0.0841 e. The number of hydrogen-bond acceptors (Lipinski definition) is 3. The highest BCUT2D eigenvalue weighted by molar-refractivity contribution is 5.81. The number of ether oxygens (including phenoxy) is 1. The van der Waals surface area contributed by atoms with Gasteiger partial charge in [0.15, 0.2) is 0 Å². The van der Waals surface area contributed by atoms with E-state index in [2.05, 4.69) is 48.1 Å². The maximum absolute atomic E-state index is 5.80. The van der Waals surface area contributed by atoms with Crippen LogP contribution < -0.4 is 5.32 Å². The van der Waals surface area contributed by atoms with Crippen LogP contribution in [0.3, 0.4) is 0 Å². The van der Waals surface area contributed by atoms with Gasteiger partial charge in [0.2, 0.25) is 0 Å². The molecule has 4 heteroatoms. The molecule has 0 radical (unpaired) electrons. The standard InChI is InChI=1S/C16H23N3O/c1-3-19-15-8-5-4-7-13(15)14(18-19)11-17-12-16(2)9-6-10-20-16/h4-5,7-8,17H,3,6,9-12H2,1-2H3. The molecule has 1 aliphatic rings. The average molecular weight is 273 g/mol. The van der Waals surface area contributed by atoms with Crippen molar-refractivity contribution in [2.24, 2.45) is 0 Å². The summed E-state index contributed by atoms with van der Waals surface area (Å²) in [5.74, 6) is 0. The first-order valence-corrected chi connectivity index (χ1v) is 7.51. The number of hydrogen-bond donors (Lipinski definition) is 1. The Labute approximate surface area is 120 Å². The quantitative estimate of drug-likeness (QED) is 0.910. The molecule has 1 aliphatic heterocycles. The number of nitrogens with zero attached hydrogens (tertiary/aromatic N) is 2. The van der Waals surface area contributed by atoms with E-state index in [0.29, 0.717) is 0 Å². The molecule has 2 heterocycles. The summed E-state index contributed by atoms with van der Waals surface area (Å²) in [4.78, 5) is 0. The van der Waals surface area contributed by atoms with E-state index in [1.165, 1.54) is 17.3 Å². The van der Waals surface area contributed by atoms with Gasteiger partial charge in [-0.25, -0.2) is 0 Å². The Hall–Kier alpha value is -1.39. The number of rotatable bonds is 5. The van der Waals surface area contributed by atoms with E-state index >= 15 is 0 Å². The van der Waals surface area contributed by atoms with Gasteiger partial charge in [-0.1, -0.05) is 18.2 Å². The van der Waals surface area contributed by atoms with Crippen molar-refractivity contribution in [2.45, 2.75) is 45.4 Å². The zero-order valence-corrected chi connectivity index (χ0v) is 12.4. The number of benzene rings is 1. The van der Waals surface area contributed by atoms with Crippen molar-refractivity contribution in [3.05, 3.63) is 30.0 Å². The summed E-state index contributed by atoms with van der Waals surface area (Å²) < 4.78 is 7.87. The van der Waals surface area contributed by atoms with Gasteiger partial charge in [-0.15, -0.1) is 0 Å². The lowest BCUT2D eigenvalue weighted by Gasteiger charge is -2.23. The Morgan fingerprint density at radius 3 is 3.00 bits per heavy atom. The van der Waals surface area contributed by atoms with Crippen LogP contribution in [-0.2, 0) is 17.8 Å². The molecule has 108 valence electrons. The van der Waals surface area contributed by atoms with Crippen LogP contribution in [-0.4, -0.2) is 28.5 Å². The number of aromatic nitrogens is 2. The van der Waals surface area contributed by atoms with E-state index < -0.39 is 0 Å². The second kappa shape index (κ2) is 5.54. The minimum absolute atomic E-state index is 0.00310. The van der Waals surface area contributed by atoms with Gasteiger partial charge in [0, 0.05) is 31.6 Å². The predicted octanol–water partition coefficient (Wildman–Crippen LogP) is 2.71. The zero-order valence-electron chi connectivity index (χ0n) is 12.4.